The predicted molar refractivity (Wildman–Crippen MR) is 184 cm³/mol. The molecule has 0 aromatic heterocycles. The SMILES string of the molecule is Cc1cc(C(C)(C)c2cc(C)c(Oc3ccc(C#N)c(C#N)c3)c(C(C)(C)C)c2)cc(C(C)(C)C)c1Oc1ccc(C#N)c(C#N)c1. The lowest BCUT2D eigenvalue weighted by Gasteiger charge is -2.33. The monoisotopic (exact) mass is 620 g/mol. The molecule has 0 amide bonds. The highest BCUT2D eigenvalue weighted by Crippen LogP contribution is 2.45. The molecule has 0 saturated heterocycles. The number of hydrogen-bond acceptors (Lipinski definition) is 6. The minimum atomic E-state index is -0.405. The maximum atomic E-state index is 9.55. The lowest BCUT2D eigenvalue weighted by atomic mass is 9.72. The van der Waals surface area contributed by atoms with E-state index < -0.39 is 5.41 Å². The van der Waals surface area contributed by atoms with Gasteiger partial charge in [-0.05, 0) is 83.3 Å². The van der Waals surface area contributed by atoms with Crippen LogP contribution in [0.1, 0.15) is 111 Å². The van der Waals surface area contributed by atoms with E-state index in [0.29, 0.717) is 22.6 Å². The minimum Gasteiger partial charge on any atom is -0.457 e. The maximum Gasteiger partial charge on any atom is 0.134 e. The average molecular weight is 621 g/mol. The van der Waals surface area contributed by atoms with Gasteiger partial charge >= 0.3 is 0 Å². The number of aryl methyl sites for hydroxylation is 2. The molecule has 0 aliphatic heterocycles. The number of ether oxygens (including phenoxy) is 2. The third kappa shape index (κ3) is 6.99. The van der Waals surface area contributed by atoms with Crippen molar-refractivity contribution in [3.8, 4) is 47.3 Å². The van der Waals surface area contributed by atoms with E-state index in [2.05, 4.69) is 104 Å². The molecular weight excluding hydrogens is 580 g/mol. The van der Waals surface area contributed by atoms with Crippen LogP contribution in [0, 0.1) is 59.2 Å². The Morgan fingerprint density at radius 2 is 0.809 bits per heavy atom. The minimum absolute atomic E-state index is 0.260. The first-order valence-electron chi connectivity index (χ1n) is 15.5. The normalized spacial score (nSPS) is 11.5. The molecule has 0 bridgehead atoms. The van der Waals surface area contributed by atoms with Crippen molar-refractivity contribution in [2.24, 2.45) is 0 Å². The van der Waals surface area contributed by atoms with Gasteiger partial charge < -0.3 is 9.47 Å². The molecule has 4 rings (SSSR count). The van der Waals surface area contributed by atoms with E-state index in [1.54, 1.807) is 36.4 Å². The van der Waals surface area contributed by atoms with Crippen LogP contribution in [0.25, 0.3) is 0 Å². The Hall–Kier alpha value is -5.56. The molecule has 236 valence electrons. The van der Waals surface area contributed by atoms with Crippen molar-refractivity contribution in [2.75, 3.05) is 0 Å². The van der Waals surface area contributed by atoms with Crippen molar-refractivity contribution in [3.05, 3.63) is 116 Å². The first-order valence-corrected chi connectivity index (χ1v) is 15.5. The van der Waals surface area contributed by atoms with Gasteiger partial charge in [-0.3, -0.25) is 0 Å². The second-order valence-electron chi connectivity index (χ2n) is 14.5. The Labute approximate surface area is 279 Å². The summed E-state index contributed by atoms with van der Waals surface area (Å²) in [4.78, 5) is 0. The summed E-state index contributed by atoms with van der Waals surface area (Å²) >= 11 is 0. The molecule has 0 saturated carbocycles. The van der Waals surface area contributed by atoms with Crippen LogP contribution in [0.15, 0.2) is 60.7 Å². The number of rotatable bonds is 6. The van der Waals surface area contributed by atoms with Crippen molar-refractivity contribution in [2.45, 2.75) is 85.5 Å². The van der Waals surface area contributed by atoms with Gasteiger partial charge in [0.2, 0.25) is 0 Å². The molecule has 6 nitrogen and oxygen atoms in total. The van der Waals surface area contributed by atoms with Crippen molar-refractivity contribution >= 4 is 0 Å². The molecule has 0 fully saturated rings. The summed E-state index contributed by atoms with van der Waals surface area (Å²) in [5.41, 5.74) is 6.51. The van der Waals surface area contributed by atoms with Gasteiger partial charge in [0.15, 0.2) is 0 Å². The van der Waals surface area contributed by atoms with E-state index in [1.807, 2.05) is 13.8 Å². The van der Waals surface area contributed by atoms with Gasteiger partial charge in [0.25, 0.3) is 0 Å². The fourth-order valence-electron chi connectivity index (χ4n) is 5.61. The zero-order valence-corrected chi connectivity index (χ0v) is 28.9. The van der Waals surface area contributed by atoms with Crippen LogP contribution in [0.3, 0.4) is 0 Å². The van der Waals surface area contributed by atoms with E-state index in [-0.39, 0.29) is 22.0 Å². The van der Waals surface area contributed by atoms with Crippen molar-refractivity contribution in [1.82, 2.24) is 0 Å². The van der Waals surface area contributed by atoms with Gasteiger partial charge in [-0.1, -0.05) is 79.7 Å². The predicted octanol–water partition coefficient (Wildman–Crippen LogP) is 10.3. The molecule has 0 spiro atoms. The quantitative estimate of drug-likeness (QED) is 0.212. The highest BCUT2D eigenvalue weighted by atomic mass is 16.5. The van der Waals surface area contributed by atoms with E-state index >= 15 is 0 Å². The van der Waals surface area contributed by atoms with E-state index in [1.165, 1.54) is 0 Å². The van der Waals surface area contributed by atoms with Crippen LogP contribution in [0.2, 0.25) is 0 Å². The summed E-state index contributed by atoms with van der Waals surface area (Å²) in [6.07, 6.45) is 0. The molecule has 6 heteroatoms. The lowest BCUT2D eigenvalue weighted by molar-refractivity contribution is 0.448. The van der Waals surface area contributed by atoms with Crippen LogP contribution in [-0.4, -0.2) is 0 Å². The molecule has 4 aromatic carbocycles. The zero-order chi connectivity index (χ0) is 34.9. The topological polar surface area (TPSA) is 114 Å². The smallest absolute Gasteiger partial charge is 0.134 e. The second-order valence-corrected chi connectivity index (χ2v) is 14.5. The van der Waals surface area contributed by atoms with E-state index in [9.17, 15) is 21.0 Å². The molecule has 0 atom stereocenters. The average Bonchev–Trinajstić information content (AvgIpc) is 3.01. The van der Waals surface area contributed by atoms with Crippen LogP contribution < -0.4 is 9.47 Å². The molecule has 0 N–H and O–H groups in total. The Morgan fingerprint density at radius 1 is 0.468 bits per heavy atom. The van der Waals surface area contributed by atoms with E-state index in [4.69, 9.17) is 9.47 Å². The summed E-state index contributed by atoms with van der Waals surface area (Å²) in [5.74, 6) is 2.48. The molecule has 4 aromatic rings. The summed E-state index contributed by atoms with van der Waals surface area (Å²) in [6.45, 7) is 21.4. The standard InChI is InChI=1S/C41H40N4O2/c1-25-15-31(19-35(39(3,4)5)37(25)46-33-13-11-27(21-42)29(17-33)23-44)41(9,10)32-16-26(2)38(36(20-32)40(6,7)8)47-34-14-12-28(22-43)30(18-34)24-45/h11-20H,1-10H3. The van der Waals surface area contributed by atoms with Gasteiger partial charge in [0.1, 0.15) is 47.3 Å². The molecule has 0 unspecified atom stereocenters. The fourth-order valence-corrected chi connectivity index (χ4v) is 5.61. The third-order valence-electron chi connectivity index (χ3n) is 8.51. The molecule has 0 heterocycles. The van der Waals surface area contributed by atoms with Gasteiger partial charge in [-0.15, -0.1) is 0 Å². The lowest BCUT2D eigenvalue weighted by Crippen LogP contribution is -2.23. The Morgan fingerprint density at radius 3 is 1.11 bits per heavy atom. The fraction of sp³-hybridized carbons (Fsp3) is 0.317. The van der Waals surface area contributed by atoms with Crippen LogP contribution in [0.4, 0.5) is 0 Å². The number of hydrogen-bond donors (Lipinski definition) is 0. The number of nitrogens with zero attached hydrogens (tertiary/aromatic N) is 4. The second kappa shape index (κ2) is 12.7. The molecule has 0 aliphatic carbocycles. The van der Waals surface area contributed by atoms with Gasteiger partial charge in [0.05, 0.1) is 22.3 Å². The van der Waals surface area contributed by atoms with Crippen molar-refractivity contribution < 1.29 is 9.47 Å². The van der Waals surface area contributed by atoms with Crippen LogP contribution >= 0.6 is 0 Å². The van der Waals surface area contributed by atoms with Crippen molar-refractivity contribution in [3.63, 3.8) is 0 Å². The summed E-state index contributed by atoms with van der Waals surface area (Å²) in [6, 6.07) is 27.0. The summed E-state index contributed by atoms with van der Waals surface area (Å²) in [5, 5.41) is 37.8. The Kier molecular flexibility index (Phi) is 9.26. The first kappa shape index (κ1) is 34.3. The first-order chi connectivity index (χ1) is 21.9. The maximum absolute atomic E-state index is 9.55. The number of nitriles is 4. The van der Waals surface area contributed by atoms with Crippen LogP contribution in [-0.2, 0) is 16.2 Å². The molecule has 47 heavy (non-hydrogen) atoms. The van der Waals surface area contributed by atoms with Gasteiger partial charge in [0, 0.05) is 16.5 Å². The number of benzene rings is 4. The van der Waals surface area contributed by atoms with Crippen LogP contribution in [0.5, 0.6) is 23.0 Å². The third-order valence-corrected chi connectivity index (χ3v) is 8.51. The highest BCUT2D eigenvalue weighted by molar-refractivity contribution is 5.58. The largest absolute Gasteiger partial charge is 0.457 e. The highest BCUT2D eigenvalue weighted by Gasteiger charge is 2.32. The zero-order valence-electron chi connectivity index (χ0n) is 28.9. The summed E-state index contributed by atoms with van der Waals surface area (Å²) in [7, 11) is 0. The molecule has 0 radical (unpaired) electrons. The van der Waals surface area contributed by atoms with Gasteiger partial charge in [-0.25, -0.2) is 0 Å². The Balaban J connectivity index is 1.83. The molecular formula is C41H40N4O2. The van der Waals surface area contributed by atoms with Gasteiger partial charge in [-0.2, -0.15) is 21.0 Å². The van der Waals surface area contributed by atoms with Crippen molar-refractivity contribution in [1.29, 1.82) is 21.0 Å². The van der Waals surface area contributed by atoms with E-state index in [0.717, 1.165) is 44.9 Å². The summed E-state index contributed by atoms with van der Waals surface area (Å²) < 4.78 is 12.9. The molecule has 0 aliphatic rings. The Bertz CT molecular complexity index is 1900.